The minimum absolute atomic E-state index is 0.173. The zero-order valence-corrected chi connectivity index (χ0v) is 12.9. The van der Waals surface area contributed by atoms with Crippen LogP contribution >= 0.6 is 15.9 Å². The second kappa shape index (κ2) is 5.81. The van der Waals surface area contributed by atoms with Gasteiger partial charge in [0.1, 0.15) is 5.76 Å². The largest absolute Gasteiger partial charge is 0.453 e. The Morgan fingerprint density at radius 1 is 1.05 bits per heavy atom. The van der Waals surface area contributed by atoms with Crippen LogP contribution in [0.4, 0.5) is 0 Å². The molecule has 0 spiro atoms. The fourth-order valence-electron chi connectivity index (χ4n) is 2.55. The SMILES string of the molecule is CNC(Cc1cccc2ccccc12)c1ccc(Br)o1. The van der Waals surface area contributed by atoms with Gasteiger partial charge in [-0.25, -0.2) is 0 Å². The topological polar surface area (TPSA) is 25.2 Å². The Bertz CT molecular complexity index is 714. The molecule has 0 aliphatic heterocycles. The summed E-state index contributed by atoms with van der Waals surface area (Å²) >= 11 is 3.36. The average Bonchev–Trinajstić information content (AvgIpc) is 2.91. The van der Waals surface area contributed by atoms with Gasteiger partial charge in [-0.05, 0) is 57.9 Å². The highest BCUT2D eigenvalue weighted by molar-refractivity contribution is 9.10. The maximum Gasteiger partial charge on any atom is 0.169 e. The van der Waals surface area contributed by atoms with E-state index in [9.17, 15) is 0 Å². The molecule has 1 heterocycles. The highest BCUT2D eigenvalue weighted by Crippen LogP contribution is 2.26. The predicted octanol–water partition coefficient (Wildman–Crippen LogP) is 4.70. The molecule has 0 saturated carbocycles. The van der Waals surface area contributed by atoms with Gasteiger partial charge >= 0.3 is 0 Å². The lowest BCUT2D eigenvalue weighted by Crippen LogP contribution is -2.18. The summed E-state index contributed by atoms with van der Waals surface area (Å²) in [4.78, 5) is 0. The van der Waals surface area contributed by atoms with E-state index in [2.05, 4.69) is 63.7 Å². The molecular weight excluding hydrogens is 314 g/mol. The van der Waals surface area contributed by atoms with E-state index < -0.39 is 0 Å². The van der Waals surface area contributed by atoms with Crippen molar-refractivity contribution in [3.05, 3.63) is 70.6 Å². The maximum absolute atomic E-state index is 5.67. The highest BCUT2D eigenvalue weighted by atomic mass is 79.9. The van der Waals surface area contributed by atoms with Crippen molar-refractivity contribution in [1.82, 2.24) is 5.32 Å². The minimum Gasteiger partial charge on any atom is -0.453 e. The van der Waals surface area contributed by atoms with Crippen LogP contribution in [0.5, 0.6) is 0 Å². The molecular formula is C17H16BrNO. The third-order valence-electron chi connectivity index (χ3n) is 3.59. The van der Waals surface area contributed by atoms with Gasteiger partial charge in [0.05, 0.1) is 6.04 Å². The first-order valence-corrected chi connectivity index (χ1v) is 7.46. The molecule has 1 N–H and O–H groups in total. The van der Waals surface area contributed by atoms with Crippen molar-refractivity contribution < 1.29 is 4.42 Å². The molecule has 2 nitrogen and oxygen atoms in total. The van der Waals surface area contributed by atoms with Gasteiger partial charge in [-0.1, -0.05) is 42.5 Å². The van der Waals surface area contributed by atoms with Gasteiger partial charge in [-0.2, -0.15) is 0 Å². The van der Waals surface area contributed by atoms with E-state index in [4.69, 9.17) is 4.42 Å². The molecule has 0 aliphatic rings. The van der Waals surface area contributed by atoms with E-state index in [0.717, 1.165) is 16.9 Å². The first-order chi connectivity index (χ1) is 9.78. The Balaban J connectivity index is 1.95. The number of halogens is 1. The zero-order chi connectivity index (χ0) is 13.9. The van der Waals surface area contributed by atoms with Gasteiger partial charge < -0.3 is 9.73 Å². The van der Waals surface area contributed by atoms with Gasteiger partial charge in [0.25, 0.3) is 0 Å². The molecule has 3 heteroatoms. The van der Waals surface area contributed by atoms with E-state index >= 15 is 0 Å². The molecule has 0 radical (unpaired) electrons. The van der Waals surface area contributed by atoms with Crippen LogP contribution in [-0.4, -0.2) is 7.05 Å². The average molecular weight is 330 g/mol. The van der Waals surface area contributed by atoms with Crippen molar-refractivity contribution in [2.45, 2.75) is 12.5 Å². The van der Waals surface area contributed by atoms with Crippen molar-refractivity contribution in [3.8, 4) is 0 Å². The third kappa shape index (κ3) is 2.65. The number of rotatable bonds is 4. The summed E-state index contributed by atoms with van der Waals surface area (Å²) in [7, 11) is 1.96. The van der Waals surface area contributed by atoms with Crippen LogP contribution in [0.3, 0.4) is 0 Å². The Labute approximate surface area is 126 Å². The van der Waals surface area contributed by atoms with Crippen LogP contribution in [0, 0.1) is 0 Å². The molecule has 102 valence electrons. The molecule has 1 aromatic heterocycles. The number of nitrogens with one attached hydrogen (secondary N) is 1. The van der Waals surface area contributed by atoms with Crippen molar-refractivity contribution in [3.63, 3.8) is 0 Å². The van der Waals surface area contributed by atoms with Crippen molar-refractivity contribution in [2.75, 3.05) is 7.05 Å². The Morgan fingerprint density at radius 3 is 2.60 bits per heavy atom. The first-order valence-electron chi connectivity index (χ1n) is 6.67. The summed E-state index contributed by atoms with van der Waals surface area (Å²) in [6.45, 7) is 0. The number of hydrogen-bond acceptors (Lipinski definition) is 2. The van der Waals surface area contributed by atoms with Gasteiger partial charge in [-0.15, -0.1) is 0 Å². The second-order valence-corrected chi connectivity index (χ2v) is 5.61. The Hall–Kier alpha value is -1.58. The molecule has 0 bridgehead atoms. The van der Waals surface area contributed by atoms with Crippen LogP contribution in [0.2, 0.25) is 0 Å². The van der Waals surface area contributed by atoms with Crippen LogP contribution in [0.1, 0.15) is 17.4 Å². The van der Waals surface area contributed by atoms with Gasteiger partial charge in [0.2, 0.25) is 0 Å². The number of benzene rings is 2. The minimum atomic E-state index is 0.173. The maximum atomic E-state index is 5.67. The third-order valence-corrected chi connectivity index (χ3v) is 4.02. The summed E-state index contributed by atoms with van der Waals surface area (Å²) in [5.74, 6) is 0.951. The van der Waals surface area contributed by atoms with Crippen molar-refractivity contribution in [1.29, 1.82) is 0 Å². The van der Waals surface area contributed by atoms with Gasteiger partial charge in [-0.3, -0.25) is 0 Å². The predicted molar refractivity (Wildman–Crippen MR) is 85.9 cm³/mol. The van der Waals surface area contributed by atoms with Gasteiger partial charge in [0.15, 0.2) is 4.67 Å². The molecule has 3 rings (SSSR count). The molecule has 0 aliphatic carbocycles. The summed E-state index contributed by atoms with van der Waals surface area (Å²) in [6.07, 6.45) is 0.901. The summed E-state index contributed by atoms with van der Waals surface area (Å²) in [5, 5.41) is 5.91. The number of likely N-dealkylation sites (N-methyl/N-ethyl adjacent to an activating group) is 1. The lowest BCUT2D eigenvalue weighted by atomic mass is 9.98. The van der Waals surface area contributed by atoms with Crippen LogP contribution < -0.4 is 5.32 Å². The normalized spacial score (nSPS) is 12.7. The van der Waals surface area contributed by atoms with Crippen molar-refractivity contribution in [2.24, 2.45) is 0 Å². The van der Waals surface area contributed by atoms with Crippen molar-refractivity contribution >= 4 is 26.7 Å². The van der Waals surface area contributed by atoms with Crippen LogP contribution in [0.15, 0.2) is 63.7 Å². The zero-order valence-electron chi connectivity index (χ0n) is 11.3. The van der Waals surface area contributed by atoms with E-state index in [1.54, 1.807) is 0 Å². The molecule has 20 heavy (non-hydrogen) atoms. The molecule has 0 fully saturated rings. The molecule has 1 unspecified atom stereocenters. The quantitative estimate of drug-likeness (QED) is 0.750. The van der Waals surface area contributed by atoms with Crippen LogP contribution in [-0.2, 0) is 6.42 Å². The summed E-state index contributed by atoms with van der Waals surface area (Å²) < 4.78 is 6.44. The van der Waals surface area contributed by atoms with E-state index in [1.165, 1.54) is 16.3 Å². The lowest BCUT2D eigenvalue weighted by molar-refractivity contribution is 0.417. The highest BCUT2D eigenvalue weighted by Gasteiger charge is 2.15. The molecule has 0 saturated heterocycles. The van der Waals surface area contributed by atoms with E-state index in [0.29, 0.717) is 0 Å². The standard InChI is InChI=1S/C17H16BrNO/c1-19-15(16-9-10-17(18)20-16)11-13-7-4-6-12-5-2-3-8-14(12)13/h2-10,15,19H,11H2,1H3. The fraction of sp³-hybridized carbons (Fsp3) is 0.176. The molecule has 3 aromatic rings. The van der Waals surface area contributed by atoms with E-state index in [1.807, 2.05) is 19.2 Å². The summed E-state index contributed by atoms with van der Waals surface area (Å²) in [6, 6.07) is 19.1. The number of fused-ring (bicyclic) bond motifs is 1. The molecule has 2 aromatic carbocycles. The first kappa shape index (κ1) is 13.4. The Morgan fingerprint density at radius 2 is 1.85 bits per heavy atom. The number of furan rings is 1. The second-order valence-electron chi connectivity index (χ2n) is 4.83. The monoisotopic (exact) mass is 329 g/mol. The smallest absolute Gasteiger partial charge is 0.169 e. The Kier molecular flexibility index (Phi) is 3.90. The van der Waals surface area contributed by atoms with Gasteiger partial charge in [0, 0.05) is 0 Å². The summed E-state index contributed by atoms with van der Waals surface area (Å²) in [5.41, 5.74) is 1.33. The number of hydrogen-bond donors (Lipinski definition) is 1. The fourth-order valence-corrected chi connectivity index (χ4v) is 2.87. The van der Waals surface area contributed by atoms with Crippen LogP contribution in [0.25, 0.3) is 10.8 Å². The van der Waals surface area contributed by atoms with E-state index in [-0.39, 0.29) is 6.04 Å². The molecule has 1 atom stereocenters. The molecule has 0 amide bonds. The lowest BCUT2D eigenvalue weighted by Gasteiger charge is -2.15.